The zero-order valence-electron chi connectivity index (χ0n) is 24.5. The number of halogens is 4. The maximum absolute atomic E-state index is 15.1. The summed E-state index contributed by atoms with van der Waals surface area (Å²) in [5.41, 5.74) is 3.92. The molecule has 8 N–H and O–H groups in total. The Bertz CT molecular complexity index is 1280. The van der Waals surface area contributed by atoms with Gasteiger partial charge < -0.3 is 31.9 Å². The quantitative estimate of drug-likeness (QED) is 0.122. The molecule has 2 rings (SSSR count). The van der Waals surface area contributed by atoms with Crippen molar-refractivity contribution in [1.29, 1.82) is 5.41 Å². The van der Waals surface area contributed by atoms with Crippen molar-refractivity contribution in [3.63, 3.8) is 0 Å². The van der Waals surface area contributed by atoms with Gasteiger partial charge in [0.2, 0.25) is 5.91 Å². The SMILES string of the molecule is CC(C)(O)CN/C=C\C(=N)NC(=O)[C@@H](Cc1cccc(Cl)c1F)N[C@@H](CC(C)(C)CO)[C@](C)(N)c1ccc(Cl)cc1F. The standard InChI is InChI=1S/C30H41Cl2F2N5O3/c1-28(2,17-40)15-24(30(5,36)20-10-9-19(31)14-22(20)33)38-23(13-18-7-6-8-21(32)26(18)34)27(41)39-25(35)11-12-37-16-29(3,4)42/h6-12,14,23-24,37-38,40,42H,13,15-17,36H2,1-5H3,(H2,35,39,41)/b12-11-/t23-,24+,30-/m1/s1. The van der Waals surface area contributed by atoms with Gasteiger partial charge in [-0.05, 0) is 68.9 Å². The third-order valence-electron chi connectivity index (χ3n) is 6.75. The maximum Gasteiger partial charge on any atom is 0.243 e. The predicted molar refractivity (Wildman–Crippen MR) is 164 cm³/mol. The molecule has 42 heavy (non-hydrogen) atoms. The second kappa shape index (κ2) is 14.7. The summed E-state index contributed by atoms with van der Waals surface area (Å²) in [7, 11) is 0. The summed E-state index contributed by atoms with van der Waals surface area (Å²) in [5.74, 6) is -2.29. The number of aliphatic hydroxyl groups is 2. The molecule has 2 aromatic carbocycles. The first-order valence-corrected chi connectivity index (χ1v) is 14.2. The molecule has 0 heterocycles. The van der Waals surface area contributed by atoms with E-state index >= 15 is 4.39 Å². The molecule has 0 aliphatic rings. The van der Waals surface area contributed by atoms with Gasteiger partial charge in [-0.3, -0.25) is 10.2 Å². The molecule has 8 nitrogen and oxygen atoms in total. The van der Waals surface area contributed by atoms with Crippen LogP contribution in [-0.4, -0.2) is 52.8 Å². The van der Waals surface area contributed by atoms with E-state index in [9.17, 15) is 19.4 Å². The minimum Gasteiger partial charge on any atom is -0.396 e. The number of nitrogens with two attached hydrogens (primary N) is 1. The number of aliphatic hydroxyl groups excluding tert-OH is 1. The van der Waals surface area contributed by atoms with Gasteiger partial charge in [-0.1, -0.05) is 55.2 Å². The highest BCUT2D eigenvalue weighted by Crippen LogP contribution is 2.34. The van der Waals surface area contributed by atoms with Crippen molar-refractivity contribution in [2.24, 2.45) is 11.1 Å². The van der Waals surface area contributed by atoms with Crippen LogP contribution in [0.5, 0.6) is 0 Å². The van der Waals surface area contributed by atoms with Crippen molar-refractivity contribution < 1.29 is 23.8 Å². The molecule has 232 valence electrons. The van der Waals surface area contributed by atoms with Gasteiger partial charge >= 0.3 is 0 Å². The molecule has 0 aliphatic carbocycles. The van der Waals surface area contributed by atoms with Crippen LogP contribution in [-0.2, 0) is 16.8 Å². The molecule has 1 amide bonds. The highest BCUT2D eigenvalue weighted by atomic mass is 35.5. The zero-order chi connectivity index (χ0) is 31.9. The van der Waals surface area contributed by atoms with Crippen LogP contribution in [0.15, 0.2) is 48.7 Å². The average molecular weight is 629 g/mol. The third kappa shape index (κ3) is 10.6. The normalized spacial score (nSPS) is 15.2. The number of hydrogen-bond acceptors (Lipinski definition) is 7. The van der Waals surface area contributed by atoms with E-state index in [1.54, 1.807) is 40.7 Å². The summed E-state index contributed by atoms with van der Waals surface area (Å²) < 4.78 is 30.1. The van der Waals surface area contributed by atoms with E-state index in [1.165, 1.54) is 36.5 Å². The first kappa shape index (κ1) is 35.6. The molecule has 0 bridgehead atoms. The molecule has 0 aromatic heterocycles. The fourth-order valence-corrected chi connectivity index (χ4v) is 4.64. The molecule has 0 aliphatic heterocycles. The highest BCUT2D eigenvalue weighted by molar-refractivity contribution is 6.31. The van der Waals surface area contributed by atoms with Crippen LogP contribution in [0.3, 0.4) is 0 Å². The van der Waals surface area contributed by atoms with E-state index in [1.807, 2.05) is 0 Å². The lowest BCUT2D eigenvalue weighted by Gasteiger charge is -2.41. The van der Waals surface area contributed by atoms with Crippen molar-refractivity contribution >= 4 is 34.9 Å². The van der Waals surface area contributed by atoms with E-state index in [2.05, 4.69) is 16.0 Å². The van der Waals surface area contributed by atoms with Crippen LogP contribution < -0.4 is 21.7 Å². The molecular weight excluding hydrogens is 587 g/mol. The number of rotatable bonds is 14. The van der Waals surface area contributed by atoms with Crippen molar-refractivity contribution in [3.05, 3.63) is 81.5 Å². The fraction of sp³-hybridized carbons (Fsp3) is 0.467. The van der Waals surface area contributed by atoms with Crippen LogP contribution in [0.4, 0.5) is 8.78 Å². The number of nitrogens with one attached hydrogen (secondary N) is 4. The Morgan fingerprint density at radius 2 is 1.81 bits per heavy atom. The summed E-state index contributed by atoms with van der Waals surface area (Å²) in [6.45, 7) is 8.40. The maximum atomic E-state index is 15.1. The Balaban J connectivity index is 2.47. The minimum absolute atomic E-state index is 0.120. The van der Waals surface area contributed by atoms with Crippen molar-refractivity contribution in [2.45, 2.75) is 70.7 Å². The second-order valence-electron chi connectivity index (χ2n) is 12.1. The second-order valence-corrected chi connectivity index (χ2v) is 12.9. The average Bonchev–Trinajstić information content (AvgIpc) is 2.87. The van der Waals surface area contributed by atoms with E-state index in [4.69, 9.17) is 34.3 Å². The Morgan fingerprint density at radius 3 is 2.40 bits per heavy atom. The van der Waals surface area contributed by atoms with Crippen LogP contribution in [0, 0.1) is 22.5 Å². The molecule has 0 saturated heterocycles. The molecule has 3 atom stereocenters. The zero-order valence-corrected chi connectivity index (χ0v) is 26.0. The van der Waals surface area contributed by atoms with E-state index in [0.717, 1.165) is 6.07 Å². The summed E-state index contributed by atoms with van der Waals surface area (Å²) in [6, 6.07) is 6.55. The molecule has 0 spiro atoms. The molecule has 0 radical (unpaired) electrons. The summed E-state index contributed by atoms with van der Waals surface area (Å²) in [4.78, 5) is 13.5. The molecule has 0 unspecified atom stereocenters. The largest absolute Gasteiger partial charge is 0.396 e. The van der Waals surface area contributed by atoms with Gasteiger partial charge in [-0.2, -0.15) is 0 Å². The number of amidine groups is 1. The van der Waals surface area contributed by atoms with Gasteiger partial charge in [-0.25, -0.2) is 8.78 Å². The van der Waals surface area contributed by atoms with Gasteiger partial charge in [0, 0.05) is 36.0 Å². The van der Waals surface area contributed by atoms with Crippen LogP contribution >= 0.6 is 23.2 Å². The van der Waals surface area contributed by atoms with Crippen molar-refractivity contribution in [3.8, 4) is 0 Å². The van der Waals surface area contributed by atoms with Gasteiger partial charge in [0.25, 0.3) is 0 Å². The van der Waals surface area contributed by atoms with Gasteiger partial charge in [0.05, 0.1) is 22.2 Å². The fourth-order valence-electron chi connectivity index (χ4n) is 4.28. The van der Waals surface area contributed by atoms with Crippen molar-refractivity contribution in [2.75, 3.05) is 13.2 Å². The summed E-state index contributed by atoms with van der Waals surface area (Å²) >= 11 is 12.0. The Morgan fingerprint density at radius 1 is 1.14 bits per heavy atom. The first-order valence-electron chi connectivity index (χ1n) is 13.4. The summed E-state index contributed by atoms with van der Waals surface area (Å²) in [6.07, 6.45) is 2.72. The van der Waals surface area contributed by atoms with Gasteiger partial charge in [0.15, 0.2) is 0 Å². The van der Waals surface area contributed by atoms with Crippen molar-refractivity contribution in [1.82, 2.24) is 16.0 Å². The minimum atomic E-state index is -1.43. The number of carbonyl (C=O) groups excluding carboxylic acids is 1. The Labute approximate surface area is 256 Å². The Hall–Kier alpha value is -2.60. The lowest BCUT2D eigenvalue weighted by molar-refractivity contribution is -0.122. The van der Waals surface area contributed by atoms with Crippen LogP contribution in [0.1, 0.15) is 52.2 Å². The topological polar surface area (TPSA) is 143 Å². The smallest absolute Gasteiger partial charge is 0.243 e. The molecular formula is C30H41Cl2F2N5O3. The van der Waals surface area contributed by atoms with Gasteiger partial charge in [-0.15, -0.1) is 0 Å². The van der Waals surface area contributed by atoms with Crippen LogP contribution in [0.25, 0.3) is 0 Å². The highest BCUT2D eigenvalue weighted by Gasteiger charge is 2.40. The Kier molecular flexibility index (Phi) is 12.5. The predicted octanol–water partition coefficient (Wildman–Crippen LogP) is 4.39. The third-order valence-corrected chi connectivity index (χ3v) is 7.28. The lowest BCUT2D eigenvalue weighted by atomic mass is 9.75. The number of hydrogen-bond donors (Lipinski definition) is 7. The van der Waals surface area contributed by atoms with Gasteiger partial charge in [0.1, 0.15) is 17.5 Å². The molecule has 0 fully saturated rings. The molecule has 12 heteroatoms. The number of amides is 1. The van der Waals surface area contributed by atoms with E-state index < -0.39 is 46.2 Å². The monoisotopic (exact) mass is 627 g/mol. The summed E-state index contributed by atoms with van der Waals surface area (Å²) in [5, 5.41) is 36.6. The number of benzene rings is 2. The van der Waals surface area contributed by atoms with E-state index in [0.29, 0.717) is 0 Å². The molecule has 2 aromatic rings. The van der Waals surface area contributed by atoms with E-state index in [-0.39, 0.29) is 53.0 Å². The molecule has 0 saturated carbocycles. The first-order chi connectivity index (χ1) is 19.4. The van der Waals surface area contributed by atoms with Crippen LogP contribution in [0.2, 0.25) is 10.0 Å². The lowest BCUT2D eigenvalue weighted by Crippen LogP contribution is -2.60. The number of carbonyl (C=O) groups is 1.